The minimum atomic E-state index is -0.214. The van der Waals surface area contributed by atoms with Crippen LogP contribution in [0.15, 0.2) is 6.07 Å². The van der Waals surface area contributed by atoms with Crippen LogP contribution in [0.25, 0.3) is 0 Å². The first-order valence-corrected chi connectivity index (χ1v) is 5.13. The van der Waals surface area contributed by atoms with Gasteiger partial charge in [-0.25, -0.2) is 0 Å². The van der Waals surface area contributed by atoms with Crippen molar-refractivity contribution in [1.82, 2.24) is 0 Å². The van der Waals surface area contributed by atoms with Crippen LogP contribution >= 0.6 is 11.6 Å². The molecule has 1 aromatic rings. The Balaban J connectivity index is 3.26. The Morgan fingerprint density at radius 1 is 1.33 bits per heavy atom. The standard InChI is InChI=1S/C11H13ClO3/c1-6-5-8(9(13)3-4-12)11(15)7(2)10(6)14/h5,14-15H,3-4H2,1-2H3. The minimum absolute atomic E-state index is 0.0231. The van der Waals surface area contributed by atoms with E-state index in [1.54, 1.807) is 13.8 Å². The van der Waals surface area contributed by atoms with Crippen molar-refractivity contribution < 1.29 is 15.0 Å². The molecule has 15 heavy (non-hydrogen) atoms. The van der Waals surface area contributed by atoms with Gasteiger partial charge in [0.2, 0.25) is 0 Å². The van der Waals surface area contributed by atoms with Crippen LogP contribution in [0.5, 0.6) is 11.5 Å². The van der Waals surface area contributed by atoms with Crippen molar-refractivity contribution in [2.75, 3.05) is 5.88 Å². The smallest absolute Gasteiger partial charge is 0.167 e. The number of aryl methyl sites for hydroxylation is 1. The van der Waals surface area contributed by atoms with Crippen LogP contribution in [0.4, 0.5) is 0 Å². The van der Waals surface area contributed by atoms with E-state index in [2.05, 4.69) is 0 Å². The summed E-state index contributed by atoms with van der Waals surface area (Å²) in [6.45, 7) is 3.24. The SMILES string of the molecule is Cc1cc(C(=O)CCCl)c(O)c(C)c1O. The third-order valence-electron chi connectivity index (χ3n) is 2.32. The molecule has 0 aromatic heterocycles. The van der Waals surface area contributed by atoms with Crippen molar-refractivity contribution >= 4 is 17.4 Å². The minimum Gasteiger partial charge on any atom is -0.507 e. The zero-order valence-electron chi connectivity index (χ0n) is 8.67. The number of carbonyl (C=O) groups is 1. The lowest BCUT2D eigenvalue weighted by atomic mass is 10.00. The highest BCUT2D eigenvalue weighted by Crippen LogP contribution is 2.33. The van der Waals surface area contributed by atoms with Gasteiger partial charge in [-0.2, -0.15) is 0 Å². The molecule has 0 amide bonds. The summed E-state index contributed by atoms with van der Waals surface area (Å²) in [6.07, 6.45) is 0.179. The lowest BCUT2D eigenvalue weighted by molar-refractivity contribution is 0.0986. The number of aromatic hydroxyl groups is 2. The van der Waals surface area contributed by atoms with E-state index in [1.807, 2.05) is 0 Å². The van der Waals surface area contributed by atoms with Crippen molar-refractivity contribution in [1.29, 1.82) is 0 Å². The summed E-state index contributed by atoms with van der Waals surface area (Å²) in [4.78, 5) is 11.6. The summed E-state index contributed by atoms with van der Waals surface area (Å²) in [6, 6.07) is 1.48. The van der Waals surface area contributed by atoms with Crippen LogP contribution < -0.4 is 0 Å². The zero-order valence-corrected chi connectivity index (χ0v) is 9.43. The topological polar surface area (TPSA) is 57.5 Å². The Morgan fingerprint density at radius 3 is 2.47 bits per heavy atom. The summed E-state index contributed by atoms with van der Waals surface area (Å²) < 4.78 is 0. The molecule has 0 aliphatic heterocycles. The first-order valence-electron chi connectivity index (χ1n) is 4.60. The molecule has 0 saturated heterocycles. The predicted molar refractivity (Wildman–Crippen MR) is 58.9 cm³/mol. The number of Topliss-reactive ketones (excluding diaryl/α,β-unsaturated/α-hetero) is 1. The molecule has 4 heteroatoms. The number of hydrogen-bond donors (Lipinski definition) is 2. The maximum absolute atomic E-state index is 11.6. The van der Waals surface area contributed by atoms with Crippen molar-refractivity contribution in [3.63, 3.8) is 0 Å². The Hall–Kier alpha value is -1.22. The Morgan fingerprint density at radius 2 is 1.93 bits per heavy atom. The summed E-state index contributed by atoms with van der Waals surface area (Å²) in [7, 11) is 0. The van der Waals surface area contributed by atoms with E-state index in [1.165, 1.54) is 6.07 Å². The fourth-order valence-corrected chi connectivity index (χ4v) is 1.57. The number of phenols is 2. The van der Waals surface area contributed by atoms with E-state index < -0.39 is 0 Å². The van der Waals surface area contributed by atoms with Crippen molar-refractivity contribution in [3.05, 3.63) is 22.8 Å². The Labute approximate surface area is 93.3 Å². The molecule has 0 radical (unpaired) electrons. The monoisotopic (exact) mass is 228 g/mol. The quantitative estimate of drug-likeness (QED) is 0.618. The van der Waals surface area contributed by atoms with Gasteiger partial charge in [0.25, 0.3) is 0 Å². The van der Waals surface area contributed by atoms with Gasteiger partial charge in [-0.05, 0) is 25.5 Å². The lowest BCUT2D eigenvalue weighted by Crippen LogP contribution is -2.02. The number of phenolic OH excluding ortho intramolecular Hbond substituents is 2. The van der Waals surface area contributed by atoms with E-state index in [4.69, 9.17) is 11.6 Å². The van der Waals surface area contributed by atoms with Gasteiger partial charge in [-0.1, -0.05) is 0 Å². The van der Waals surface area contributed by atoms with Crippen molar-refractivity contribution in [3.8, 4) is 11.5 Å². The maximum Gasteiger partial charge on any atom is 0.167 e. The van der Waals surface area contributed by atoms with Gasteiger partial charge < -0.3 is 10.2 Å². The second kappa shape index (κ2) is 4.53. The molecular formula is C11H13ClO3. The van der Waals surface area contributed by atoms with Crippen LogP contribution in [0.1, 0.15) is 27.9 Å². The van der Waals surface area contributed by atoms with E-state index in [0.29, 0.717) is 11.1 Å². The highest BCUT2D eigenvalue weighted by Gasteiger charge is 2.16. The third kappa shape index (κ3) is 2.23. The van der Waals surface area contributed by atoms with E-state index in [0.717, 1.165) is 0 Å². The molecule has 0 heterocycles. The number of benzene rings is 1. The van der Waals surface area contributed by atoms with Gasteiger partial charge in [-0.3, -0.25) is 4.79 Å². The van der Waals surface area contributed by atoms with E-state index in [-0.39, 0.29) is 35.1 Å². The second-order valence-corrected chi connectivity index (χ2v) is 3.80. The molecule has 0 spiro atoms. The number of alkyl halides is 1. The third-order valence-corrected chi connectivity index (χ3v) is 2.51. The largest absolute Gasteiger partial charge is 0.507 e. The molecule has 82 valence electrons. The lowest BCUT2D eigenvalue weighted by Gasteiger charge is -2.10. The van der Waals surface area contributed by atoms with Crippen LogP contribution in [0.2, 0.25) is 0 Å². The number of halogens is 1. The number of hydrogen-bond acceptors (Lipinski definition) is 3. The summed E-state index contributed by atoms with van der Waals surface area (Å²) in [5, 5.41) is 19.2. The first-order chi connectivity index (χ1) is 6.99. The molecule has 0 aliphatic carbocycles. The molecule has 0 fully saturated rings. The molecule has 3 nitrogen and oxygen atoms in total. The maximum atomic E-state index is 11.6. The predicted octanol–water partition coefficient (Wildman–Crippen LogP) is 2.53. The molecule has 1 aromatic carbocycles. The van der Waals surface area contributed by atoms with Crippen molar-refractivity contribution in [2.24, 2.45) is 0 Å². The zero-order chi connectivity index (χ0) is 11.6. The molecule has 0 bridgehead atoms. The molecule has 1 rings (SSSR count). The summed E-state index contributed by atoms with van der Waals surface area (Å²) in [5.41, 5.74) is 1.12. The Kier molecular flexibility index (Phi) is 3.58. The van der Waals surface area contributed by atoms with Crippen LogP contribution in [-0.2, 0) is 0 Å². The molecule has 0 atom stereocenters. The van der Waals surface area contributed by atoms with Gasteiger partial charge in [-0.15, -0.1) is 11.6 Å². The molecule has 2 N–H and O–H groups in total. The number of carbonyl (C=O) groups excluding carboxylic acids is 1. The second-order valence-electron chi connectivity index (χ2n) is 3.43. The number of rotatable bonds is 3. The van der Waals surface area contributed by atoms with Gasteiger partial charge >= 0.3 is 0 Å². The van der Waals surface area contributed by atoms with E-state index in [9.17, 15) is 15.0 Å². The molecule has 0 unspecified atom stereocenters. The van der Waals surface area contributed by atoms with Crippen LogP contribution in [0, 0.1) is 13.8 Å². The average molecular weight is 229 g/mol. The molecule has 0 saturated carbocycles. The highest BCUT2D eigenvalue weighted by atomic mass is 35.5. The number of ketones is 1. The van der Waals surface area contributed by atoms with Gasteiger partial charge in [0, 0.05) is 17.9 Å². The summed E-state index contributed by atoms with van der Waals surface area (Å²) >= 11 is 5.46. The van der Waals surface area contributed by atoms with Crippen LogP contribution in [-0.4, -0.2) is 21.9 Å². The normalized spacial score (nSPS) is 10.3. The van der Waals surface area contributed by atoms with Crippen molar-refractivity contribution in [2.45, 2.75) is 20.3 Å². The first kappa shape index (κ1) is 11.9. The molecule has 0 aliphatic rings. The van der Waals surface area contributed by atoms with Crippen LogP contribution in [0.3, 0.4) is 0 Å². The fraction of sp³-hybridized carbons (Fsp3) is 0.364. The van der Waals surface area contributed by atoms with Gasteiger partial charge in [0.05, 0.1) is 5.56 Å². The highest BCUT2D eigenvalue weighted by molar-refractivity contribution is 6.19. The molecular weight excluding hydrogens is 216 g/mol. The summed E-state index contributed by atoms with van der Waals surface area (Å²) in [5.74, 6) is -0.131. The van der Waals surface area contributed by atoms with E-state index >= 15 is 0 Å². The fourth-order valence-electron chi connectivity index (χ4n) is 1.40. The Bertz CT molecular complexity index is 399. The average Bonchev–Trinajstić information content (AvgIpc) is 2.20. The van der Waals surface area contributed by atoms with Gasteiger partial charge in [0.1, 0.15) is 11.5 Å². The van der Waals surface area contributed by atoms with Gasteiger partial charge in [0.15, 0.2) is 5.78 Å².